The number of aryl methyl sites for hydroxylation is 1. The molecule has 1 fully saturated rings. The number of aromatic nitrogens is 3. The molecule has 0 radical (unpaired) electrons. The normalized spacial score (nSPS) is 15.9. The highest BCUT2D eigenvalue weighted by atomic mass is 16.5. The molecule has 27 heavy (non-hydrogen) atoms. The number of ether oxygens (including phenoxy) is 1. The molecule has 0 spiro atoms. The number of hydrogen-bond donors (Lipinski definition) is 1. The van der Waals surface area contributed by atoms with Crippen LogP contribution in [-0.4, -0.2) is 70.5 Å². The van der Waals surface area contributed by atoms with Gasteiger partial charge in [-0.15, -0.1) is 5.10 Å². The number of benzene rings is 1. The van der Waals surface area contributed by atoms with Crippen LogP contribution in [0.4, 0.5) is 0 Å². The number of nitrogens with one attached hydrogen (secondary N) is 1. The number of esters is 1. The number of piperazine rings is 1. The maximum absolute atomic E-state index is 12.2. The van der Waals surface area contributed by atoms with Crippen molar-refractivity contribution in [3.63, 3.8) is 0 Å². The summed E-state index contributed by atoms with van der Waals surface area (Å²) >= 11 is 0. The standard InChI is InChI=1S/C20H29N5O2/c1-5-24-7-9-25(10-8-24)13-16-11-14(3)12-17(15(16)4)18-19(22-23-21-18)20(26)27-6-2/h11-12H,5-10,13H2,1-4H3,(H,21,22,23). The molecule has 1 aromatic heterocycles. The van der Waals surface area contributed by atoms with Crippen molar-refractivity contribution in [2.45, 2.75) is 34.2 Å². The van der Waals surface area contributed by atoms with Crippen molar-refractivity contribution >= 4 is 5.97 Å². The molecule has 7 nitrogen and oxygen atoms in total. The van der Waals surface area contributed by atoms with E-state index in [-0.39, 0.29) is 5.69 Å². The van der Waals surface area contributed by atoms with Gasteiger partial charge in [-0.1, -0.05) is 18.6 Å². The van der Waals surface area contributed by atoms with Crippen LogP contribution in [0.1, 0.15) is 41.0 Å². The molecule has 1 aliphatic heterocycles. The Morgan fingerprint density at radius 3 is 2.48 bits per heavy atom. The fourth-order valence-electron chi connectivity index (χ4n) is 3.61. The van der Waals surface area contributed by atoms with Gasteiger partial charge >= 0.3 is 5.97 Å². The lowest BCUT2D eigenvalue weighted by Gasteiger charge is -2.34. The molecule has 2 aromatic rings. The first-order chi connectivity index (χ1) is 13.0. The summed E-state index contributed by atoms with van der Waals surface area (Å²) in [6.07, 6.45) is 0. The van der Waals surface area contributed by atoms with Crippen LogP contribution in [0.15, 0.2) is 12.1 Å². The quantitative estimate of drug-likeness (QED) is 0.786. The van der Waals surface area contributed by atoms with Crippen LogP contribution in [0, 0.1) is 13.8 Å². The van der Waals surface area contributed by atoms with Crippen molar-refractivity contribution in [1.82, 2.24) is 25.2 Å². The molecule has 1 N–H and O–H groups in total. The molecule has 0 bridgehead atoms. The lowest BCUT2D eigenvalue weighted by molar-refractivity contribution is 0.0520. The predicted molar refractivity (Wildman–Crippen MR) is 105 cm³/mol. The summed E-state index contributed by atoms with van der Waals surface area (Å²) in [6.45, 7) is 14.9. The van der Waals surface area contributed by atoms with E-state index in [1.165, 1.54) is 5.56 Å². The minimum absolute atomic E-state index is 0.244. The van der Waals surface area contributed by atoms with Crippen LogP contribution in [0.25, 0.3) is 11.3 Å². The predicted octanol–water partition coefficient (Wildman–Crippen LogP) is 2.40. The molecule has 0 saturated carbocycles. The van der Waals surface area contributed by atoms with Gasteiger partial charge in [0.1, 0.15) is 5.69 Å². The molecule has 3 rings (SSSR count). The number of rotatable bonds is 6. The molecule has 0 atom stereocenters. The number of aromatic amines is 1. The fourth-order valence-corrected chi connectivity index (χ4v) is 3.61. The van der Waals surface area contributed by atoms with Gasteiger partial charge in [0, 0.05) is 38.3 Å². The first-order valence-electron chi connectivity index (χ1n) is 9.66. The fraction of sp³-hybridized carbons (Fsp3) is 0.550. The van der Waals surface area contributed by atoms with Crippen molar-refractivity contribution in [3.05, 3.63) is 34.5 Å². The number of carbonyl (C=O) groups is 1. The zero-order valence-corrected chi connectivity index (χ0v) is 16.7. The monoisotopic (exact) mass is 371 g/mol. The summed E-state index contributed by atoms with van der Waals surface area (Å²) in [5.41, 5.74) is 5.30. The average Bonchev–Trinajstić information content (AvgIpc) is 3.15. The van der Waals surface area contributed by atoms with E-state index in [1.54, 1.807) is 6.92 Å². The molecule has 146 valence electrons. The topological polar surface area (TPSA) is 74.3 Å². The minimum Gasteiger partial charge on any atom is -0.461 e. The Bertz CT molecular complexity index is 794. The Morgan fingerprint density at radius 2 is 1.81 bits per heavy atom. The van der Waals surface area contributed by atoms with Crippen LogP contribution < -0.4 is 0 Å². The van der Waals surface area contributed by atoms with E-state index in [9.17, 15) is 4.79 Å². The summed E-state index contributed by atoms with van der Waals surface area (Å²) in [4.78, 5) is 17.2. The van der Waals surface area contributed by atoms with Crippen molar-refractivity contribution in [1.29, 1.82) is 0 Å². The number of H-pyrrole nitrogens is 1. The first kappa shape index (κ1) is 19.5. The summed E-state index contributed by atoms with van der Waals surface area (Å²) < 4.78 is 5.12. The average molecular weight is 371 g/mol. The van der Waals surface area contributed by atoms with Crippen molar-refractivity contribution < 1.29 is 9.53 Å². The van der Waals surface area contributed by atoms with Gasteiger partial charge in [0.05, 0.1) is 6.61 Å². The molecule has 0 amide bonds. The Morgan fingerprint density at radius 1 is 1.11 bits per heavy atom. The van der Waals surface area contributed by atoms with Gasteiger partial charge in [0.2, 0.25) is 0 Å². The van der Waals surface area contributed by atoms with E-state index in [0.29, 0.717) is 12.3 Å². The Labute approximate surface area is 160 Å². The van der Waals surface area contributed by atoms with Gasteiger partial charge in [0.25, 0.3) is 0 Å². The Hall–Kier alpha value is -2.25. The van der Waals surface area contributed by atoms with Crippen molar-refractivity contribution in [3.8, 4) is 11.3 Å². The summed E-state index contributed by atoms with van der Waals surface area (Å²) in [5, 5.41) is 10.8. The second-order valence-corrected chi connectivity index (χ2v) is 7.05. The molecular weight excluding hydrogens is 342 g/mol. The first-order valence-corrected chi connectivity index (χ1v) is 9.66. The highest BCUT2D eigenvalue weighted by Crippen LogP contribution is 2.29. The third kappa shape index (κ3) is 4.36. The molecule has 0 aliphatic carbocycles. The van der Waals surface area contributed by atoms with Crippen LogP contribution in [0.5, 0.6) is 0 Å². The third-order valence-corrected chi connectivity index (χ3v) is 5.24. The van der Waals surface area contributed by atoms with Crippen LogP contribution in [-0.2, 0) is 11.3 Å². The van der Waals surface area contributed by atoms with E-state index in [4.69, 9.17) is 4.74 Å². The second-order valence-electron chi connectivity index (χ2n) is 7.05. The molecule has 7 heteroatoms. The summed E-state index contributed by atoms with van der Waals surface area (Å²) in [5.74, 6) is -0.445. The van der Waals surface area contributed by atoms with Crippen LogP contribution in [0.2, 0.25) is 0 Å². The highest BCUT2D eigenvalue weighted by Gasteiger charge is 2.23. The Balaban J connectivity index is 1.87. The van der Waals surface area contributed by atoms with Gasteiger partial charge < -0.3 is 9.64 Å². The molecule has 1 saturated heterocycles. The van der Waals surface area contributed by atoms with Crippen molar-refractivity contribution in [2.24, 2.45) is 0 Å². The molecule has 2 heterocycles. The zero-order chi connectivity index (χ0) is 19.4. The number of likely N-dealkylation sites (N-methyl/N-ethyl adjacent to an activating group) is 1. The second kappa shape index (κ2) is 8.63. The Kier molecular flexibility index (Phi) is 6.23. The number of carbonyl (C=O) groups excluding carboxylic acids is 1. The molecule has 1 aliphatic rings. The molecular formula is C20H29N5O2. The van der Waals surface area contributed by atoms with E-state index in [0.717, 1.165) is 56.0 Å². The largest absolute Gasteiger partial charge is 0.461 e. The maximum atomic E-state index is 12.2. The van der Waals surface area contributed by atoms with E-state index in [1.807, 2.05) is 0 Å². The summed E-state index contributed by atoms with van der Waals surface area (Å²) in [6, 6.07) is 4.30. The minimum atomic E-state index is -0.445. The number of hydrogen-bond acceptors (Lipinski definition) is 6. The van der Waals surface area contributed by atoms with Crippen LogP contribution in [0.3, 0.4) is 0 Å². The zero-order valence-electron chi connectivity index (χ0n) is 16.7. The van der Waals surface area contributed by atoms with Crippen molar-refractivity contribution in [2.75, 3.05) is 39.3 Å². The molecule has 0 unspecified atom stereocenters. The van der Waals surface area contributed by atoms with Gasteiger partial charge in [-0.3, -0.25) is 4.90 Å². The van der Waals surface area contributed by atoms with Gasteiger partial charge in [-0.05, 0) is 44.5 Å². The van der Waals surface area contributed by atoms with Gasteiger partial charge in [0.15, 0.2) is 5.69 Å². The van der Waals surface area contributed by atoms with E-state index < -0.39 is 5.97 Å². The SMILES string of the molecule is CCOC(=O)c1n[nH]nc1-c1cc(C)cc(CN2CCN(CC)CC2)c1C. The highest BCUT2D eigenvalue weighted by molar-refractivity contribution is 5.94. The van der Waals surface area contributed by atoms with Gasteiger partial charge in [-0.2, -0.15) is 10.3 Å². The van der Waals surface area contributed by atoms with Crippen LogP contribution >= 0.6 is 0 Å². The smallest absolute Gasteiger partial charge is 0.361 e. The number of nitrogens with zero attached hydrogens (tertiary/aromatic N) is 4. The summed E-state index contributed by atoms with van der Waals surface area (Å²) in [7, 11) is 0. The lowest BCUT2D eigenvalue weighted by Crippen LogP contribution is -2.45. The maximum Gasteiger partial charge on any atom is 0.361 e. The van der Waals surface area contributed by atoms with E-state index in [2.05, 4.69) is 58.1 Å². The van der Waals surface area contributed by atoms with E-state index >= 15 is 0 Å². The molecule has 1 aromatic carbocycles. The lowest BCUT2D eigenvalue weighted by atomic mass is 9.95. The van der Waals surface area contributed by atoms with Gasteiger partial charge in [-0.25, -0.2) is 4.79 Å². The third-order valence-electron chi connectivity index (χ3n) is 5.24.